The molecule has 6 nitrogen and oxygen atoms in total. The van der Waals surface area contributed by atoms with E-state index in [2.05, 4.69) is 26.3 Å². The third kappa shape index (κ3) is 2.06. The van der Waals surface area contributed by atoms with Crippen molar-refractivity contribution in [1.82, 2.24) is 24.8 Å². The maximum Gasteiger partial charge on any atom is 0.141 e. The van der Waals surface area contributed by atoms with E-state index in [1.54, 1.807) is 16.9 Å². The average molecular weight is 292 g/mol. The molecule has 0 spiro atoms. The first-order valence-electron chi connectivity index (χ1n) is 7.60. The van der Waals surface area contributed by atoms with E-state index in [1.165, 1.54) is 0 Å². The molecule has 0 atom stereocenters. The Morgan fingerprint density at radius 3 is 3.00 bits per heavy atom. The Kier molecular flexibility index (Phi) is 3.11. The Hall–Kier alpha value is -2.68. The third-order valence-electron chi connectivity index (χ3n) is 4.60. The van der Waals surface area contributed by atoms with Gasteiger partial charge in [-0.2, -0.15) is 5.26 Å². The molecule has 22 heavy (non-hydrogen) atoms. The first kappa shape index (κ1) is 13.0. The molecule has 6 heteroatoms. The molecular formula is C16H16N6. The standard InChI is InChI=1S/C16H16N6/c17-8-1-2-11-3-5-12(6-4-11)14-15-13-7-9-18-16(13)19-10-22(15)21-20-14/h1-2,7,9-12,18H,3-6H2/t11-,12-. The molecule has 3 aromatic heterocycles. The van der Waals surface area contributed by atoms with Gasteiger partial charge in [-0.15, -0.1) is 5.10 Å². The van der Waals surface area contributed by atoms with Crippen LogP contribution in [0.5, 0.6) is 0 Å². The van der Waals surface area contributed by atoms with E-state index < -0.39 is 0 Å². The summed E-state index contributed by atoms with van der Waals surface area (Å²) in [6.45, 7) is 0. The molecule has 1 N–H and O–H groups in total. The summed E-state index contributed by atoms with van der Waals surface area (Å²) in [7, 11) is 0. The normalized spacial score (nSPS) is 22.5. The van der Waals surface area contributed by atoms with Gasteiger partial charge in [0.15, 0.2) is 0 Å². The summed E-state index contributed by atoms with van der Waals surface area (Å²) in [6.07, 6.45) is 11.6. The minimum absolute atomic E-state index is 0.435. The van der Waals surface area contributed by atoms with Gasteiger partial charge in [0.1, 0.15) is 17.5 Å². The lowest BCUT2D eigenvalue weighted by atomic mass is 9.80. The molecule has 0 unspecified atom stereocenters. The molecule has 0 aromatic carbocycles. The minimum atomic E-state index is 0.435. The highest BCUT2D eigenvalue weighted by Crippen LogP contribution is 2.38. The SMILES string of the molecule is N#CC=C[C@H]1CC[C@H](c2nnn3cnc4[nH]ccc4c23)CC1. The second-order valence-corrected chi connectivity index (χ2v) is 5.85. The molecule has 0 aliphatic heterocycles. The van der Waals surface area contributed by atoms with Gasteiger partial charge in [-0.05, 0) is 37.7 Å². The van der Waals surface area contributed by atoms with Gasteiger partial charge in [0.25, 0.3) is 0 Å². The van der Waals surface area contributed by atoms with Crippen molar-refractivity contribution >= 4 is 16.6 Å². The lowest BCUT2D eigenvalue weighted by Crippen LogP contribution is -2.12. The maximum atomic E-state index is 8.63. The van der Waals surface area contributed by atoms with Crippen LogP contribution in [0.2, 0.25) is 0 Å². The van der Waals surface area contributed by atoms with E-state index in [-0.39, 0.29) is 0 Å². The maximum absolute atomic E-state index is 8.63. The van der Waals surface area contributed by atoms with Crippen LogP contribution in [0.25, 0.3) is 16.6 Å². The molecule has 0 saturated heterocycles. The Bertz CT molecular complexity index is 873. The van der Waals surface area contributed by atoms with E-state index in [0.717, 1.165) is 47.9 Å². The van der Waals surface area contributed by atoms with Gasteiger partial charge < -0.3 is 4.98 Å². The predicted octanol–water partition coefficient (Wildman–Crippen LogP) is 2.96. The molecule has 110 valence electrons. The largest absolute Gasteiger partial charge is 0.346 e. The number of nitrogens with zero attached hydrogens (tertiary/aromatic N) is 5. The van der Waals surface area contributed by atoms with Crippen LogP contribution in [0, 0.1) is 17.2 Å². The van der Waals surface area contributed by atoms with Crippen molar-refractivity contribution in [2.45, 2.75) is 31.6 Å². The second-order valence-electron chi connectivity index (χ2n) is 5.85. The minimum Gasteiger partial charge on any atom is -0.346 e. The van der Waals surface area contributed by atoms with Gasteiger partial charge in [-0.1, -0.05) is 11.3 Å². The number of allylic oxidation sites excluding steroid dienone is 2. The van der Waals surface area contributed by atoms with Crippen LogP contribution in [0.4, 0.5) is 0 Å². The van der Waals surface area contributed by atoms with Crippen LogP contribution in [0.1, 0.15) is 37.3 Å². The third-order valence-corrected chi connectivity index (χ3v) is 4.60. The lowest BCUT2D eigenvalue weighted by Gasteiger charge is -2.25. The van der Waals surface area contributed by atoms with Crippen LogP contribution >= 0.6 is 0 Å². The number of hydrogen-bond donors (Lipinski definition) is 1. The number of rotatable bonds is 2. The first-order valence-corrected chi connectivity index (χ1v) is 7.60. The summed E-state index contributed by atoms with van der Waals surface area (Å²) in [4.78, 5) is 7.48. The highest BCUT2D eigenvalue weighted by Gasteiger charge is 2.25. The second kappa shape index (κ2) is 5.26. The van der Waals surface area contributed by atoms with E-state index in [4.69, 9.17) is 5.26 Å². The molecule has 1 aliphatic rings. The number of fused-ring (bicyclic) bond motifs is 3. The Morgan fingerprint density at radius 2 is 2.18 bits per heavy atom. The Morgan fingerprint density at radius 1 is 1.32 bits per heavy atom. The van der Waals surface area contributed by atoms with Crippen LogP contribution in [0.3, 0.4) is 0 Å². The molecule has 0 amide bonds. The van der Waals surface area contributed by atoms with Gasteiger partial charge in [-0.3, -0.25) is 0 Å². The highest BCUT2D eigenvalue weighted by molar-refractivity contribution is 5.92. The lowest BCUT2D eigenvalue weighted by molar-refractivity contribution is 0.372. The number of hydrogen-bond acceptors (Lipinski definition) is 4. The number of nitriles is 1. The summed E-state index contributed by atoms with van der Waals surface area (Å²) < 4.78 is 1.77. The summed E-state index contributed by atoms with van der Waals surface area (Å²) >= 11 is 0. The summed E-state index contributed by atoms with van der Waals surface area (Å²) in [5, 5.41) is 18.4. The molecular weight excluding hydrogens is 276 g/mol. The van der Waals surface area contributed by atoms with Crippen molar-refractivity contribution in [3.05, 3.63) is 36.4 Å². The van der Waals surface area contributed by atoms with Crippen LogP contribution in [-0.4, -0.2) is 24.8 Å². The smallest absolute Gasteiger partial charge is 0.141 e. The zero-order chi connectivity index (χ0) is 14.9. The Balaban J connectivity index is 1.66. The fourth-order valence-corrected chi connectivity index (χ4v) is 3.46. The van der Waals surface area contributed by atoms with Crippen LogP contribution < -0.4 is 0 Å². The van der Waals surface area contributed by atoms with Gasteiger partial charge >= 0.3 is 0 Å². The van der Waals surface area contributed by atoms with Gasteiger partial charge in [-0.25, -0.2) is 9.50 Å². The first-order chi connectivity index (χ1) is 10.9. The van der Waals surface area contributed by atoms with E-state index in [1.807, 2.05) is 18.3 Å². The molecule has 3 heterocycles. The number of nitrogens with one attached hydrogen (secondary N) is 1. The topological polar surface area (TPSA) is 82.7 Å². The van der Waals surface area contributed by atoms with Crippen molar-refractivity contribution < 1.29 is 0 Å². The zero-order valence-corrected chi connectivity index (χ0v) is 12.1. The van der Waals surface area contributed by atoms with Gasteiger partial charge in [0.2, 0.25) is 0 Å². The number of aromatic nitrogens is 5. The summed E-state index contributed by atoms with van der Waals surface area (Å²) in [5.74, 6) is 0.955. The van der Waals surface area contributed by atoms with Crippen molar-refractivity contribution in [1.29, 1.82) is 5.26 Å². The molecule has 4 rings (SSSR count). The highest BCUT2D eigenvalue weighted by atomic mass is 15.4. The van der Waals surface area contributed by atoms with Crippen molar-refractivity contribution in [2.24, 2.45) is 5.92 Å². The van der Waals surface area contributed by atoms with Gasteiger partial charge in [0.05, 0.1) is 11.8 Å². The van der Waals surface area contributed by atoms with Crippen LogP contribution in [0.15, 0.2) is 30.7 Å². The quantitative estimate of drug-likeness (QED) is 0.736. The Labute approximate surface area is 127 Å². The van der Waals surface area contributed by atoms with Crippen molar-refractivity contribution in [2.75, 3.05) is 0 Å². The number of H-pyrrole nitrogens is 1. The monoisotopic (exact) mass is 292 g/mol. The summed E-state index contributed by atoms with van der Waals surface area (Å²) in [6, 6.07) is 4.11. The summed E-state index contributed by atoms with van der Waals surface area (Å²) in [5.41, 5.74) is 3.03. The molecule has 0 bridgehead atoms. The molecule has 1 saturated carbocycles. The predicted molar refractivity (Wildman–Crippen MR) is 82.1 cm³/mol. The molecule has 0 radical (unpaired) electrons. The fourth-order valence-electron chi connectivity index (χ4n) is 3.46. The molecule has 1 aliphatic carbocycles. The fraction of sp³-hybridized carbons (Fsp3) is 0.375. The van der Waals surface area contributed by atoms with Crippen LogP contribution in [-0.2, 0) is 0 Å². The molecule has 3 aromatic rings. The van der Waals surface area contributed by atoms with Crippen molar-refractivity contribution in [3.8, 4) is 6.07 Å². The average Bonchev–Trinajstić information content (AvgIpc) is 3.19. The van der Waals surface area contributed by atoms with Gasteiger partial charge in [0, 0.05) is 23.6 Å². The number of aromatic amines is 1. The van der Waals surface area contributed by atoms with E-state index in [0.29, 0.717) is 11.8 Å². The molecule has 1 fully saturated rings. The van der Waals surface area contributed by atoms with Crippen molar-refractivity contribution in [3.63, 3.8) is 0 Å². The zero-order valence-electron chi connectivity index (χ0n) is 12.1. The van der Waals surface area contributed by atoms with E-state index >= 15 is 0 Å². The van der Waals surface area contributed by atoms with E-state index in [9.17, 15) is 0 Å².